The molecule has 1 atom stereocenters. The Labute approximate surface area is 244 Å². The minimum absolute atomic E-state index is 0.0430. The summed E-state index contributed by atoms with van der Waals surface area (Å²) in [4.78, 5) is 35.0. The van der Waals surface area contributed by atoms with E-state index in [1.54, 1.807) is 0 Å². The molecule has 1 aliphatic rings. The van der Waals surface area contributed by atoms with Crippen molar-refractivity contribution in [3.8, 4) is 0 Å². The third-order valence-electron chi connectivity index (χ3n) is 6.68. The van der Waals surface area contributed by atoms with Crippen molar-refractivity contribution >= 4 is 41.6 Å². The molecule has 0 bridgehead atoms. The van der Waals surface area contributed by atoms with Crippen LogP contribution in [0.3, 0.4) is 0 Å². The summed E-state index contributed by atoms with van der Waals surface area (Å²) < 4.78 is 4.02. The number of anilines is 1. The van der Waals surface area contributed by atoms with Gasteiger partial charge in [-0.2, -0.15) is 0 Å². The van der Waals surface area contributed by atoms with Crippen molar-refractivity contribution in [1.29, 1.82) is 0 Å². The van der Waals surface area contributed by atoms with Gasteiger partial charge in [-0.05, 0) is 42.2 Å². The monoisotopic (exact) mass is 573 g/mol. The van der Waals surface area contributed by atoms with Crippen LogP contribution in [0, 0.1) is 0 Å². The first-order valence-electron chi connectivity index (χ1n) is 14.6. The number of carboxylic acids is 2. The largest absolute Gasteiger partial charge is 0.548 e. The Morgan fingerprint density at radius 2 is 1.46 bits per heavy atom. The van der Waals surface area contributed by atoms with E-state index in [1.165, 1.54) is 38.5 Å². The number of nitrogens with zero attached hydrogens (tertiary/aromatic N) is 5. The molecule has 41 heavy (non-hydrogen) atoms. The van der Waals surface area contributed by atoms with Crippen LogP contribution in [0.25, 0.3) is 0 Å². The number of benzene rings is 1. The van der Waals surface area contributed by atoms with Crippen LogP contribution in [0.15, 0.2) is 34.5 Å². The molecule has 1 unspecified atom stereocenters. The fourth-order valence-electron chi connectivity index (χ4n) is 4.13. The van der Waals surface area contributed by atoms with E-state index >= 15 is 0 Å². The van der Waals surface area contributed by atoms with Gasteiger partial charge in [0.1, 0.15) is 14.1 Å². The molecule has 228 valence electrons. The van der Waals surface area contributed by atoms with E-state index in [2.05, 4.69) is 27.4 Å². The molecule has 1 amide bonds. The predicted octanol–water partition coefficient (Wildman–Crippen LogP) is 3.57. The van der Waals surface area contributed by atoms with Crippen LogP contribution < -0.4 is 15.3 Å². The van der Waals surface area contributed by atoms with Crippen LogP contribution in [-0.4, -0.2) is 85.1 Å². The summed E-state index contributed by atoms with van der Waals surface area (Å²) in [5, 5.41) is 30.3. The molecule has 0 aliphatic carbocycles. The summed E-state index contributed by atoms with van der Waals surface area (Å²) in [5.74, 6) is -2.89. The first-order valence-corrected chi connectivity index (χ1v) is 14.6. The molecule has 0 saturated carbocycles. The molecule has 2 N–H and O–H groups in total. The van der Waals surface area contributed by atoms with Crippen molar-refractivity contribution in [2.45, 2.75) is 96.3 Å². The van der Waals surface area contributed by atoms with Gasteiger partial charge in [0.15, 0.2) is 0 Å². The molecular weight excluding hydrogens is 524 g/mol. The Hall–Kier alpha value is -3.63. The quantitative estimate of drug-likeness (QED) is 0.156. The lowest BCUT2D eigenvalue weighted by Gasteiger charge is -2.18. The lowest BCUT2D eigenvalue weighted by atomic mass is 10.1. The van der Waals surface area contributed by atoms with E-state index in [0.717, 1.165) is 30.6 Å². The average molecular weight is 574 g/mol. The van der Waals surface area contributed by atoms with E-state index in [-0.39, 0.29) is 31.5 Å². The van der Waals surface area contributed by atoms with Gasteiger partial charge in [-0.15, -0.1) is 14.3 Å². The molecule has 1 aromatic rings. The van der Waals surface area contributed by atoms with Gasteiger partial charge in [0.05, 0.1) is 17.7 Å². The molecule has 0 saturated heterocycles. The summed E-state index contributed by atoms with van der Waals surface area (Å²) in [5.41, 5.74) is 2.03. The van der Waals surface area contributed by atoms with Gasteiger partial charge in [-0.3, -0.25) is 9.59 Å². The maximum absolute atomic E-state index is 11.7. The summed E-state index contributed by atoms with van der Waals surface area (Å²) in [7, 11) is 8.01. The third kappa shape index (κ3) is 15.7. The maximum Gasteiger partial charge on any atom is 0.464 e. The molecule has 0 spiro atoms. The number of aliphatic carboxylic acids is 2. The Balaban J connectivity index is 0.000000420. The van der Waals surface area contributed by atoms with Crippen molar-refractivity contribution in [3.63, 3.8) is 0 Å². The fraction of sp³-hybridized carbons (Fsp3) is 0.633. The van der Waals surface area contributed by atoms with Crippen LogP contribution in [-0.2, 0) is 14.4 Å². The topological polar surface area (TPSA) is 141 Å². The SMILES string of the molecule is CCCCCCCCCCCC(=O)NC(CCC(=O)O)C(=O)[O-].CN(C)c1ccc(N=NC2[N+](C)=CC=[N+]2C)cc1. The number of carbonyl (C=O) groups is 3. The van der Waals surface area contributed by atoms with Crippen molar-refractivity contribution < 1.29 is 33.7 Å². The summed E-state index contributed by atoms with van der Waals surface area (Å²) >= 11 is 0. The lowest BCUT2D eigenvalue weighted by molar-refractivity contribution is -0.737. The van der Waals surface area contributed by atoms with Gasteiger partial charge in [-0.25, -0.2) is 0 Å². The lowest BCUT2D eigenvalue weighted by Crippen LogP contribution is -2.48. The van der Waals surface area contributed by atoms with E-state index in [9.17, 15) is 19.5 Å². The normalized spacial score (nSPS) is 13.7. The number of hydrogen-bond acceptors (Lipinski definition) is 7. The van der Waals surface area contributed by atoms with Crippen LogP contribution >= 0.6 is 0 Å². The Bertz CT molecular complexity index is 1020. The molecule has 1 aliphatic heterocycles. The summed E-state index contributed by atoms with van der Waals surface area (Å²) in [6.45, 7) is 2.19. The van der Waals surface area contributed by atoms with E-state index < -0.39 is 18.0 Å². The molecule has 0 fully saturated rings. The number of hydrogen-bond donors (Lipinski definition) is 2. The first kappa shape index (κ1) is 35.4. The maximum atomic E-state index is 11.7. The van der Waals surface area contributed by atoms with Gasteiger partial charge >= 0.3 is 12.3 Å². The van der Waals surface area contributed by atoms with Gasteiger partial charge in [0.25, 0.3) is 0 Å². The fourth-order valence-corrected chi connectivity index (χ4v) is 4.13. The zero-order chi connectivity index (χ0) is 30.6. The zero-order valence-corrected chi connectivity index (χ0v) is 25.4. The van der Waals surface area contributed by atoms with E-state index in [4.69, 9.17) is 5.11 Å². The van der Waals surface area contributed by atoms with Crippen molar-refractivity contribution in [2.24, 2.45) is 10.2 Å². The second-order valence-corrected chi connectivity index (χ2v) is 10.6. The van der Waals surface area contributed by atoms with Gasteiger partial charge < -0.3 is 25.2 Å². The van der Waals surface area contributed by atoms with Gasteiger partial charge in [0, 0.05) is 32.6 Å². The molecule has 1 heterocycles. The minimum atomic E-state index is -1.44. The molecule has 2 rings (SSSR count). The molecule has 0 aromatic heterocycles. The average Bonchev–Trinajstić information content (AvgIpc) is 3.25. The van der Waals surface area contributed by atoms with Crippen molar-refractivity contribution in [1.82, 2.24) is 5.32 Å². The Kier molecular flexibility index (Phi) is 17.5. The Morgan fingerprint density at radius 3 is 1.95 bits per heavy atom. The highest BCUT2D eigenvalue weighted by Crippen LogP contribution is 2.19. The minimum Gasteiger partial charge on any atom is -0.548 e. The van der Waals surface area contributed by atoms with Gasteiger partial charge in [0.2, 0.25) is 18.3 Å². The number of carboxylic acid groups (broad SMARTS) is 2. The highest BCUT2D eigenvalue weighted by molar-refractivity contribution is 6.11. The van der Waals surface area contributed by atoms with Crippen LogP contribution in [0.2, 0.25) is 0 Å². The standard InChI is InChI=1S/C17H31NO5.C13H19N5/c1-2-3-4-5-6-7-8-9-10-11-15(19)18-14(17(22)23)12-13-16(20)21;1-16(2)12-7-5-11(6-8-12)14-15-13-17(3)9-10-18(13)4/h14H,2-13H2,1H3,(H,18,19)(H,20,21)(H,22,23);5-10,13H,1-4H3/q;+2/p-1. The number of unbranched alkanes of at least 4 members (excludes halogenated alkanes) is 8. The number of nitrogens with one attached hydrogen (secondary N) is 1. The third-order valence-corrected chi connectivity index (χ3v) is 6.68. The Morgan fingerprint density at radius 1 is 0.927 bits per heavy atom. The molecular formula is C30H49N6O5+. The summed E-state index contributed by atoms with van der Waals surface area (Å²) in [6.07, 6.45) is 14.0. The number of rotatable bonds is 18. The van der Waals surface area contributed by atoms with E-state index in [0.29, 0.717) is 0 Å². The van der Waals surface area contributed by atoms with Crippen LogP contribution in [0.4, 0.5) is 11.4 Å². The second kappa shape index (κ2) is 20.3. The molecule has 11 heteroatoms. The highest BCUT2D eigenvalue weighted by atomic mass is 16.4. The molecule has 11 nitrogen and oxygen atoms in total. The summed E-state index contributed by atoms with van der Waals surface area (Å²) in [6, 6.07) is 6.79. The smallest absolute Gasteiger partial charge is 0.464 e. The van der Waals surface area contributed by atoms with Crippen LogP contribution in [0.5, 0.6) is 0 Å². The number of amides is 1. The second-order valence-electron chi connectivity index (χ2n) is 10.6. The van der Waals surface area contributed by atoms with Crippen molar-refractivity contribution in [3.05, 3.63) is 24.3 Å². The molecule has 0 radical (unpaired) electrons. The zero-order valence-electron chi connectivity index (χ0n) is 25.4. The number of azo groups is 1. The first-order chi connectivity index (χ1) is 19.5. The highest BCUT2D eigenvalue weighted by Gasteiger charge is 2.29. The van der Waals surface area contributed by atoms with Gasteiger partial charge in [-0.1, -0.05) is 58.3 Å². The van der Waals surface area contributed by atoms with Crippen LogP contribution in [0.1, 0.15) is 84.0 Å². The number of carbonyl (C=O) groups excluding carboxylic acids is 2. The molecule has 1 aromatic carbocycles. The van der Waals surface area contributed by atoms with Crippen molar-refractivity contribution in [2.75, 3.05) is 33.1 Å². The van der Waals surface area contributed by atoms with E-state index in [1.807, 2.05) is 74.0 Å². The predicted molar refractivity (Wildman–Crippen MR) is 159 cm³/mol.